The molecule has 0 aromatic heterocycles. The molecule has 1 aromatic carbocycles. The highest BCUT2D eigenvalue weighted by atomic mass is 14.2. The van der Waals surface area contributed by atoms with Crippen LogP contribution < -0.4 is 0 Å². The third kappa shape index (κ3) is 3.25. The predicted molar refractivity (Wildman–Crippen MR) is 68.8 cm³/mol. The van der Waals surface area contributed by atoms with Gasteiger partial charge in [-0.1, -0.05) is 36.9 Å². The Hall–Kier alpha value is -2.07. The van der Waals surface area contributed by atoms with Crippen molar-refractivity contribution in [2.24, 2.45) is 0 Å². The van der Waals surface area contributed by atoms with E-state index in [1.165, 1.54) is 0 Å². The van der Waals surface area contributed by atoms with Crippen LogP contribution in [0, 0.1) is 11.3 Å². The lowest BCUT2D eigenvalue weighted by atomic mass is 10.0. The van der Waals surface area contributed by atoms with Crippen LogP contribution in [0.2, 0.25) is 0 Å². The Kier molecular flexibility index (Phi) is 4.29. The zero-order valence-corrected chi connectivity index (χ0v) is 9.70. The predicted octanol–water partition coefficient (Wildman–Crippen LogP) is 4.09. The van der Waals surface area contributed by atoms with Crippen LogP contribution in [0.25, 0.3) is 5.57 Å². The molecule has 0 fully saturated rings. The standard InChI is InChI=1S/C15H15N/c1-4-5-12(2)10-13(3)15-8-6-14(11-16)7-9-15/h4-10H,2H2,1,3H3/b5-4-,13-10+. The third-order valence-electron chi connectivity index (χ3n) is 2.25. The van der Waals surface area contributed by atoms with E-state index in [4.69, 9.17) is 5.26 Å². The lowest BCUT2D eigenvalue weighted by Crippen LogP contribution is -1.81. The summed E-state index contributed by atoms with van der Waals surface area (Å²) in [5.74, 6) is 0. The average Bonchev–Trinajstić information content (AvgIpc) is 2.29. The summed E-state index contributed by atoms with van der Waals surface area (Å²) < 4.78 is 0. The van der Waals surface area contributed by atoms with E-state index < -0.39 is 0 Å². The fourth-order valence-corrected chi connectivity index (χ4v) is 1.43. The number of nitrogens with zero attached hydrogens (tertiary/aromatic N) is 1. The van der Waals surface area contributed by atoms with E-state index in [-0.39, 0.29) is 0 Å². The molecule has 0 N–H and O–H groups in total. The molecule has 0 heterocycles. The molecular weight excluding hydrogens is 194 g/mol. The second-order valence-corrected chi connectivity index (χ2v) is 3.59. The monoisotopic (exact) mass is 209 g/mol. The molecule has 0 saturated heterocycles. The molecule has 0 saturated carbocycles. The van der Waals surface area contributed by atoms with Gasteiger partial charge < -0.3 is 0 Å². The smallest absolute Gasteiger partial charge is 0.0991 e. The van der Waals surface area contributed by atoms with E-state index in [0.717, 1.165) is 16.7 Å². The molecule has 1 nitrogen and oxygen atoms in total. The third-order valence-corrected chi connectivity index (χ3v) is 2.25. The molecule has 0 aliphatic heterocycles. The van der Waals surface area contributed by atoms with Gasteiger partial charge in [0.05, 0.1) is 11.6 Å². The van der Waals surface area contributed by atoms with Crippen LogP contribution in [0.3, 0.4) is 0 Å². The molecule has 0 aliphatic rings. The first-order valence-corrected chi connectivity index (χ1v) is 5.18. The lowest BCUT2D eigenvalue weighted by Gasteiger charge is -2.01. The van der Waals surface area contributed by atoms with E-state index in [0.29, 0.717) is 5.56 Å². The summed E-state index contributed by atoms with van der Waals surface area (Å²) >= 11 is 0. The van der Waals surface area contributed by atoms with E-state index in [2.05, 4.69) is 12.6 Å². The van der Waals surface area contributed by atoms with Crippen molar-refractivity contribution in [2.75, 3.05) is 0 Å². The van der Waals surface area contributed by atoms with Crippen molar-refractivity contribution >= 4 is 5.57 Å². The second-order valence-electron chi connectivity index (χ2n) is 3.59. The number of allylic oxidation sites excluding steroid dienone is 5. The number of rotatable bonds is 3. The summed E-state index contributed by atoms with van der Waals surface area (Å²) in [6.07, 6.45) is 5.96. The first-order chi connectivity index (χ1) is 7.67. The van der Waals surface area contributed by atoms with E-state index in [1.54, 1.807) is 0 Å². The van der Waals surface area contributed by atoms with E-state index in [1.807, 2.05) is 56.3 Å². The van der Waals surface area contributed by atoms with Crippen LogP contribution >= 0.6 is 0 Å². The van der Waals surface area contributed by atoms with Crippen molar-refractivity contribution in [3.05, 3.63) is 65.8 Å². The first-order valence-electron chi connectivity index (χ1n) is 5.18. The minimum absolute atomic E-state index is 0.684. The molecule has 0 amide bonds. The maximum Gasteiger partial charge on any atom is 0.0991 e. The summed E-state index contributed by atoms with van der Waals surface area (Å²) in [5.41, 5.74) is 3.92. The molecular formula is C15H15N. The largest absolute Gasteiger partial charge is 0.192 e. The van der Waals surface area contributed by atoms with Crippen LogP contribution in [0.1, 0.15) is 25.0 Å². The molecule has 1 rings (SSSR count). The molecule has 1 aromatic rings. The molecule has 0 aliphatic carbocycles. The molecule has 0 unspecified atom stereocenters. The Labute approximate surface area is 97.0 Å². The fraction of sp³-hybridized carbons (Fsp3) is 0.133. The number of nitriles is 1. The average molecular weight is 209 g/mol. The van der Waals surface area contributed by atoms with Gasteiger partial charge in [-0.2, -0.15) is 5.26 Å². The maximum atomic E-state index is 8.69. The highest BCUT2D eigenvalue weighted by Crippen LogP contribution is 2.16. The van der Waals surface area contributed by atoms with E-state index in [9.17, 15) is 0 Å². The van der Waals surface area contributed by atoms with Crippen molar-refractivity contribution in [1.29, 1.82) is 5.26 Å². The van der Waals surface area contributed by atoms with Gasteiger partial charge in [0.25, 0.3) is 0 Å². The molecule has 0 spiro atoms. The fourth-order valence-electron chi connectivity index (χ4n) is 1.43. The van der Waals surface area contributed by atoms with Gasteiger partial charge in [0.15, 0.2) is 0 Å². The SMILES string of the molecule is C=C(/C=C\C)/C=C(\C)c1ccc(C#N)cc1. The Morgan fingerprint density at radius 3 is 2.44 bits per heavy atom. The highest BCUT2D eigenvalue weighted by molar-refractivity contribution is 5.67. The summed E-state index contributed by atoms with van der Waals surface area (Å²) in [6.45, 7) is 7.93. The van der Waals surface area contributed by atoms with Crippen molar-refractivity contribution in [3.63, 3.8) is 0 Å². The van der Waals surface area contributed by atoms with Crippen molar-refractivity contribution in [3.8, 4) is 6.07 Å². The first kappa shape index (κ1) is 12.0. The second kappa shape index (κ2) is 5.72. The quantitative estimate of drug-likeness (QED) is 0.688. The van der Waals surface area contributed by atoms with Crippen LogP contribution in [0.15, 0.2) is 54.6 Å². The van der Waals surface area contributed by atoms with Crippen LogP contribution in [-0.4, -0.2) is 0 Å². The zero-order valence-electron chi connectivity index (χ0n) is 9.70. The minimum Gasteiger partial charge on any atom is -0.192 e. The number of benzene rings is 1. The number of hydrogen-bond acceptors (Lipinski definition) is 1. The van der Waals surface area contributed by atoms with Crippen LogP contribution in [0.4, 0.5) is 0 Å². The lowest BCUT2D eigenvalue weighted by molar-refractivity contribution is 1.47. The molecule has 0 atom stereocenters. The Morgan fingerprint density at radius 2 is 1.94 bits per heavy atom. The van der Waals surface area contributed by atoms with E-state index >= 15 is 0 Å². The van der Waals surface area contributed by atoms with Gasteiger partial charge in [0.2, 0.25) is 0 Å². The molecule has 80 valence electrons. The normalized spacial score (nSPS) is 11.4. The van der Waals surface area contributed by atoms with Crippen molar-refractivity contribution in [2.45, 2.75) is 13.8 Å². The van der Waals surface area contributed by atoms with Gasteiger partial charge in [-0.05, 0) is 42.7 Å². The highest BCUT2D eigenvalue weighted by Gasteiger charge is 1.96. The van der Waals surface area contributed by atoms with Gasteiger partial charge in [-0.15, -0.1) is 0 Å². The maximum absolute atomic E-state index is 8.69. The van der Waals surface area contributed by atoms with Gasteiger partial charge >= 0.3 is 0 Å². The number of hydrogen-bond donors (Lipinski definition) is 0. The van der Waals surface area contributed by atoms with Crippen molar-refractivity contribution < 1.29 is 0 Å². The summed E-state index contributed by atoms with van der Waals surface area (Å²) in [5, 5.41) is 8.69. The summed E-state index contributed by atoms with van der Waals surface area (Å²) in [4.78, 5) is 0. The van der Waals surface area contributed by atoms with Crippen LogP contribution in [0.5, 0.6) is 0 Å². The van der Waals surface area contributed by atoms with Gasteiger partial charge in [-0.3, -0.25) is 0 Å². The van der Waals surface area contributed by atoms with Gasteiger partial charge in [-0.25, -0.2) is 0 Å². The Balaban J connectivity index is 2.92. The molecule has 0 radical (unpaired) electrons. The van der Waals surface area contributed by atoms with Gasteiger partial charge in [0.1, 0.15) is 0 Å². The molecule has 1 heteroatoms. The summed E-state index contributed by atoms with van der Waals surface area (Å²) in [7, 11) is 0. The minimum atomic E-state index is 0.684. The van der Waals surface area contributed by atoms with Crippen LogP contribution in [-0.2, 0) is 0 Å². The molecule has 16 heavy (non-hydrogen) atoms. The van der Waals surface area contributed by atoms with Gasteiger partial charge in [0, 0.05) is 0 Å². The Bertz CT molecular complexity index is 467. The zero-order chi connectivity index (χ0) is 12.0. The topological polar surface area (TPSA) is 23.8 Å². The molecule has 0 bridgehead atoms. The van der Waals surface area contributed by atoms with Crippen molar-refractivity contribution in [1.82, 2.24) is 0 Å². The Morgan fingerprint density at radius 1 is 1.31 bits per heavy atom. The summed E-state index contributed by atoms with van der Waals surface area (Å²) in [6, 6.07) is 9.66.